The van der Waals surface area contributed by atoms with Crippen molar-refractivity contribution in [3.8, 4) is 0 Å². The molecule has 0 fully saturated rings. The van der Waals surface area contributed by atoms with Crippen LogP contribution in [0, 0.1) is 13.8 Å². The number of anilines is 5. The first-order chi connectivity index (χ1) is 21.1. The van der Waals surface area contributed by atoms with E-state index in [1.54, 1.807) is 0 Å². The van der Waals surface area contributed by atoms with E-state index in [0.717, 1.165) is 46.1 Å². The lowest BCUT2D eigenvalue weighted by Gasteiger charge is -2.27. The lowest BCUT2D eigenvalue weighted by molar-refractivity contribution is 1.18. The molecule has 0 amide bonds. The van der Waals surface area contributed by atoms with Gasteiger partial charge in [-0.15, -0.1) is 0 Å². The molecule has 5 aromatic rings. The summed E-state index contributed by atoms with van der Waals surface area (Å²) in [5.74, 6) is 0. The molecule has 1 aliphatic rings. The predicted molar refractivity (Wildman–Crippen MR) is 186 cm³/mol. The molecule has 0 aliphatic heterocycles. The molecule has 0 saturated heterocycles. The van der Waals surface area contributed by atoms with E-state index < -0.39 is 0 Å². The van der Waals surface area contributed by atoms with E-state index >= 15 is 0 Å². The van der Waals surface area contributed by atoms with Crippen LogP contribution in [0.5, 0.6) is 0 Å². The minimum absolute atomic E-state index is 0.839. The molecule has 43 heavy (non-hydrogen) atoms. The van der Waals surface area contributed by atoms with Crippen LogP contribution in [0.2, 0.25) is 0 Å². The molecule has 0 N–H and O–H groups in total. The third-order valence-corrected chi connectivity index (χ3v) is 7.74. The van der Waals surface area contributed by atoms with Gasteiger partial charge in [-0.05, 0) is 115 Å². The Balaban J connectivity index is 1.30. The SMILES string of the molecule is C=Cc1ccc(N(C2=CCC=C(c3ccc(N(c4ccccc4)c4cccc(C)c4)cc3)C=C2)c2cccc(C)c2)cc1. The fraction of sp³-hybridized carbons (Fsp3) is 0.0732. The highest BCUT2D eigenvalue weighted by Gasteiger charge is 2.16. The Labute approximate surface area is 255 Å². The van der Waals surface area contributed by atoms with Gasteiger partial charge in [-0.1, -0.05) is 97.6 Å². The summed E-state index contributed by atoms with van der Waals surface area (Å²) in [7, 11) is 0. The number of benzene rings is 5. The zero-order valence-electron chi connectivity index (χ0n) is 24.8. The van der Waals surface area contributed by atoms with Crippen LogP contribution in [0.25, 0.3) is 11.6 Å². The van der Waals surface area contributed by atoms with Crippen molar-refractivity contribution in [3.05, 3.63) is 186 Å². The van der Waals surface area contributed by atoms with Crippen LogP contribution in [0.15, 0.2) is 164 Å². The lowest BCUT2D eigenvalue weighted by Crippen LogP contribution is -2.15. The molecular formula is C41H36N2. The molecular weight excluding hydrogens is 520 g/mol. The van der Waals surface area contributed by atoms with Gasteiger partial charge in [-0.3, -0.25) is 0 Å². The van der Waals surface area contributed by atoms with Gasteiger partial charge < -0.3 is 9.80 Å². The van der Waals surface area contributed by atoms with Gasteiger partial charge >= 0.3 is 0 Å². The van der Waals surface area contributed by atoms with Crippen LogP contribution in [0.3, 0.4) is 0 Å². The van der Waals surface area contributed by atoms with Crippen LogP contribution in [-0.2, 0) is 0 Å². The predicted octanol–water partition coefficient (Wildman–Crippen LogP) is 11.5. The average Bonchev–Trinajstić information content (AvgIpc) is 3.29. The van der Waals surface area contributed by atoms with E-state index in [1.807, 2.05) is 6.08 Å². The first-order valence-corrected chi connectivity index (χ1v) is 14.8. The molecule has 0 heterocycles. The quantitative estimate of drug-likeness (QED) is 0.188. The number of nitrogens with zero attached hydrogens (tertiary/aromatic N) is 2. The van der Waals surface area contributed by atoms with Crippen molar-refractivity contribution >= 4 is 40.1 Å². The van der Waals surface area contributed by atoms with E-state index in [1.165, 1.54) is 22.3 Å². The van der Waals surface area contributed by atoms with Gasteiger partial charge in [0.2, 0.25) is 0 Å². The summed E-state index contributed by atoms with van der Waals surface area (Å²) in [4.78, 5) is 4.64. The van der Waals surface area contributed by atoms with Crippen LogP contribution in [0.1, 0.15) is 28.7 Å². The standard InChI is InChI=1S/C41H36N2/c1-4-33-19-24-38(25-20-33)43(41-18-9-12-32(3)30-41)37-16-10-13-34(21-26-37)35-22-27-39(28-23-35)42(36-14-6-5-7-15-36)40-17-8-11-31(2)29-40/h4-9,11-30H,1,10H2,2-3H3. The van der Waals surface area contributed by atoms with Gasteiger partial charge in [0.05, 0.1) is 0 Å². The molecule has 0 saturated carbocycles. The molecule has 0 aromatic heterocycles. The van der Waals surface area contributed by atoms with Gasteiger partial charge in [0.15, 0.2) is 0 Å². The van der Waals surface area contributed by atoms with Crippen LogP contribution < -0.4 is 9.80 Å². The van der Waals surface area contributed by atoms with Crippen molar-refractivity contribution < 1.29 is 0 Å². The first-order valence-electron chi connectivity index (χ1n) is 14.8. The van der Waals surface area contributed by atoms with Crippen molar-refractivity contribution in [1.29, 1.82) is 0 Å². The summed E-state index contributed by atoms with van der Waals surface area (Å²) in [5.41, 5.74) is 12.8. The maximum atomic E-state index is 3.92. The van der Waals surface area contributed by atoms with Crippen molar-refractivity contribution in [1.82, 2.24) is 0 Å². The van der Waals surface area contributed by atoms with Crippen molar-refractivity contribution in [3.63, 3.8) is 0 Å². The number of para-hydroxylation sites is 1. The monoisotopic (exact) mass is 556 g/mol. The van der Waals surface area contributed by atoms with E-state index in [-0.39, 0.29) is 0 Å². The van der Waals surface area contributed by atoms with Gasteiger partial charge in [0.1, 0.15) is 0 Å². The van der Waals surface area contributed by atoms with E-state index in [0.29, 0.717) is 0 Å². The normalized spacial score (nSPS) is 12.6. The van der Waals surface area contributed by atoms with Crippen LogP contribution in [-0.4, -0.2) is 0 Å². The number of hydrogen-bond acceptors (Lipinski definition) is 2. The van der Waals surface area contributed by atoms with Gasteiger partial charge in [-0.25, -0.2) is 0 Å². The largest absolute Gasteiger partial charge is 0.311 e. The third-order valence-electron chi connectivity index (χ3n) is 7.74. The molecule has 0 bridgehead atoms. The maximum Gasteiger partial charge on any atom is 0.0464 e. The van der Waals surface area contributed by atoms with Crippen LogP contribution >= 0.6 is 0 Å². The molecule has 2 heteroatoms. The Kier molecular flexibility index (Phi) is 8.19. The van der Waals surface area contributed by atoms with E-state index in [2.05, 4.69) is 182 Å². The van der Waals surface area contributed by atoms with Gasteiger partial charge in [0, 0.05) is 34.1 Å². The van der Waals surface area contributed by atoms with E-state index in [4.69, 9.17) is 0 Å². The third kappa shape index (κ3) is 6.29. The Morgan fingerprint density at radius 2 is 1.09 bits per heavy atom. The highest BCUT2D eigenvalue weighted by atomic mass is 15.1. The molecule has 5 aromatic carbocycles. The highest BCUT2D eigenvalue weighted by molar-refractivity contribution is 5.81. The molecule has 6 rings (SSSR count). The molecule has 1 aliphatic carbocycles. The van der Waals surface area contributed by atoms with Crippen LogP contribution in [0.4, 0.5) is 28.4 Å². The van der Waals surface area contributed by atoms with Gasteiger partial charge in [-0.2, -0.15) is 0 Å². The Bertz CT molecular complexity index is 1810. The topological polar surface area (TPSA) is 6.48 Å². The fourth-order valence-electron chi connectivity index (χ4n) is 5.57. The summed E-state index contributed by atoms with van der Waals surface area (Å²) >= 11 is 0. The molecule has 0 radical (unpaired) electrons. The summed E-state index contributed by atoms with van der Waals surface area (Å²) in [6.45, 7) is 8.20. The first kappa shape index (κ1) is 27.8. The lowest BCUT2D eigenvalue weighted by atomic mass is 10.0. The summed E-state index contributed by atoms with van der Waals surface area (Å²) in [5, 5.41) is 0. The molecule has 0 atom stereocenters. The second kappa shape index (κ2) is 12.7. The zero-order valence-corrected chi connectivity index (χ0v) is 24.8. The molecule has 0 spiro atoms. The van der Waals surface area contributed by atoms with Crippen molar-refractivity contribution in [2.24, 2.45) is 0 Å². The number of aryl methyl sites for hydroxylation is 2. The van der Waals surface area contributed by atoms with E-state index in [9.17, 15) is 0 Å². The Morgan fingerprint density at radius 1 is 0.535 bits per heavy atom. The number of allylic oxidation sites excluding steroid dienone is 5. The second-order valence-electron chi connectivity index (χ2n) is 10.9. The average molecular weight is 557 g/mol. The zero-order chi connectivity index (χ0) is 29.6. The number of rotatable bonds is 8. The summed E-state index contributed by atoms with van der Waals surface area (Å²) < 4.78 is 0. The van der Waals surface area contributed by atoms with Gasteiger partial charge in [0.25, 0.3) is 0 Å². The maximum absolute atomic E-state index is 3.92. The van der Waals surface area contributed by atoms with Crippen molar-refractivity contribution in [2.75, 3.05) is 9.80 Å². The minimum atomic E-state index is 0.839. The summed E-state index contributed by atoms with van der Waals surface area (Å²) in [6, 6.07) is 45.4. The smallest absolute Gasteiger partial charge is 0.0464 e. The number of hydrogen-bond donors (Lipinski definition) is 0. The summed E-state index contributed by atoms with van der Waals surface area (Å²) in [6.07, 6.45) is 11.8. The second-order valence-corrected chi connectivity index (χ2v) is 10.9. The van der Waals surface area contributed by atoms with Crippen molar-refractivity contribution in [2.45, 2.75) is 20.3 Å². The molecule has 0 unspecified atom stereocenters. The fourth-order valence-corrected chi connectivity index (χ4v) is 5.57. The minimum Gasteiger partial charge on any atom is -0.311 e. The Morgan fingerprint density at radius 3 is 1.72 bits per heavy atom. The Hall–Kier alpha value is -5.34. The molecule has 2 nitrogen and oxygen atoms in total. The molecule has 210 valence electrons. The highest BCUT2D eigenvalue weighted by Crippen LogP contribution is 2.37.